The summed E-state index contributed by atoms with van der Waals surface area (Å²) in [6, 6.07) is 7.46. The van der Waals surface area contributed by atoms with Crippen molar-refractivity contribution in [1.29, 1.82) is 0 Å². The van der Waals surface area contributed by atoms with Gasteiger partial charge < -0.3 is 5.32 Å². The van der Waals surface area contributed by atoms with Crippen LogP contribution in [0.4, 0.5) is 10.1 Å². The first-order valence-electron chi connectivity index (χ1n) is 8.57. The van der Waals surface area contributed by atoms with Crippen LogP contribution in [0.1, 0.15) is 30.5 Å². The minimum Gasteiger partial charge on any atom is -0.323 e. The molecule has 9 heteroatoms. The summed E-state index contributed by atoms with van der Waals surface area (Å²) in [4.78, 5) is 29.2. The Hall–Kier alpha value is -2.26. The van der Waals surface area contributed by atoms with Gasteiger partial charge in [-0.2, -0.15) is 9.61 Å². The summed E-state index contributed by atoms with van der Waals surface area (Å²) in [6.07, 6.45) is 2.92. The third kappa shape index (κ3) is 5.14. The molecular formula is C18H19FN4O2S2. The second-order valence-electron chi connectivity index (χ2n) is 5.90. The number of rotatable bonds is 8. The van der Waals surface area contributed by atoms with Crippen LogP contribution >= 0.6 is 23.1 Å². The summed E-state index contributed by atoms with van der Waals surface area (Å²) in [5.41, 5.74) is 0.546. The van der Waals surface area contributed by atoms with Gasteiger partial charge in [-0.05, 0) is 18.6 Å². The number of amides is 1. The molecule has 2 aromatic heterocycles. The number of fused-ring (bicyclic) bond motifs is 1. The minimum absolute atomic E-state index is 0.139. The number of hydrogen-bond donors (Lipinski definition) is 1. The van der Waals surface area contributed by atoms with Gasteiger partial charge in [0.05, 0.1) is 17.1 Å². The molecule has 0 radical (unpaired) electrons. The second-order valence-corrected chi connectivity index (χ2v) is 7.93. The largest absolute Gasteiger partial charge is 0.323 e. The van der Waals surface area contributed by atoms with Crippen molar-refractivity contribution < 1.29 is 9.18 Å². The average molecular weight is 407 g/mol. The van der Waals surface area contributed by atoms with E-state index in [2.05, 4.69) is 22.3 Å². The highest BCUT2D eigenvalue weighted by molar-refractivity contribution is 7.99. The van der Waals surface area contributed by atoms with Gasteiger partial charge in [0.1, 0.15) is 10.8 Å². The summed E-state index contributed by atoms with van der Waals surface area (Å²) in [7, 11) is 0. The Kier molecular flexibility index (Phi) is 6.57. The molecule has 0 aliphatic carbocycles. The number of benzene rings is 1. The number of nitrogens with zero attached hydrogens (tertiary/aromatic N) is 3. The number of aryl methyl sites for hydroxylation is 1. The number of thioether (sulfide) groups is 1. The normalized spacial score (nSPS) is 11.0. The number of hydrogen-bond acceptors (Lipinski definition) is 6. The molecule has 27 heavy (non-hydrogen) atoms. The molecule has 142 valence electrons. The zero-order valence-electron chi connectivity index (χ0n) is 14.8. The number of anilines is 1. The van der Waals surface area contributed by atoms with Crippen LogP contribution in [0.15, 0.2) is 35.1 Å². The van der Waals surface area contributed by atoms with Gasteiger partial charge in [0, 0.05) is 18.2 Å². The van der Waals surface area contributed by atoms with E-state index in [1.165, 1.54) is 45.8 Å². The van der Waals surface area contributed by atoms with Crippen molar-refractivity contribution in [2.75, 3.05) is 11.1 Å². The van der Waals surface area contributed by atoms with Gasteiger partial charge in [-0.1, -0.05) is 36.8 Å². The van der Waals surface area contributed by atoms with Gasteiger partial charge in [0.15, 0.2) is 0 Å². The summed E-state index contributed by atoms with van der Waals surface area (Å²) < 4.78 is 14.9. The number of para-hydroxylation sites is 1. The third-order valence-electron chi connectivity index (χ3n) is 3.72. The van der Waals surface area contributed by atoms with Crippen molar-refractivity contribution in [2.24, 2.45) is 0 Å². The van der Waals surface area contributed by atoms with E-state index in [0.29, 0.717) is 16.4 Å². The molecule has 0 aliphatic heterocycles. The Morgan fingerprint density at radius 3 is 2.96 bits per heavy atom. The Morgan fingerprint density at radius 1 is 1.37 bits per heavy atom. The maximum absolute atomic E-state index is 13.5. The van der Waals surface area contributed by atoms with E-state index in [1.807, 2.05) is 0 Å². The first-order valence-corrected chi connectivity index (χ1v) is 10.5. The molecule has 0 bridgehead atoms. The molecule has 6 nitrogen and oxygen atoms in total. The predicted molar refractivity (Wildman–Crippen MR) is 107 cm³/mol. The van der Waals surface area contributed by atoms with Crippen LogP contribution in [-0.2, 0) is 17.0 Å². The van der Waals surface area contributed by atoms with Gasteiger partial charge in [0.2, 0.25) is 10.9 Å². The Labute approximate surface area is 163 Å². The van der Waals surface area contributed by atoms with E-state index in [-0.39, 0.29) is 22.9 Å². The van der Waals surface area contributed by atoms with Gasteiger partial charge in [0.25, 0.3) is 5.56 Å². The molecule has 0 atom stereocenters. The van der Waals surface area contributed by atoms with Crippen molar-refractivity contribution in [3.05, 3.63) is 57.2 Å². The maximum Gasteiger partial charge on any atom is 0.275 e. The fraction of sp³-hybridized carbons (Fsp3) is 0.333. The molecule has 1 amide bonds. The maximum atomic E-state index is 13.5. The van der Waals surface area contributed by atoms with Crippen LogP contribution in [0.3, 0.4) is 0 Å². The summed E-state index contributed by atoms with van der Waals surface area (Å²) in [5, 5.41) is 7.74. The lowest BCUT2D eigenvalue weighted by Gasteiger charge is -2.06. The number of carbonyl (C=O) groups is 1. The number of aromatic nitrogens is 3. The molecule has 0 aliphatic rings. The molecule has 2 heterocycles. The number of halogens is 1. The van der Waals surface area contributed by atoms with E-state index in [9.17, 15) is 14.0 Å². The summed E-state index contributed by atoms with van der Waals surface area (Å²) in [6.45, 7) is 2.11. The highest BCUT2D eigenvalue weighted by Gasteiger charge is 2.10. The van der Waals surface area contributed by atoms with Crippen LogP contribution in [0.5, 0.6) is 0 Å². The molecule has 1 aromatic carbocycles. The van der Waals surface area contributed by atoms with E-state index in [1.54, 1.807) is 12.1 Å². The van der Waals surface area contributed by atoms with Crippen LogP contribution in [0, 0.1) is 5.82 Å². The highest BCUT2D eigenvalue weighted by Crippen LogP contribution is 2.17. The minimum atomic E-state index is -0.472. The molecule has 0 unspecified atom stereocenters. The predicted octanol–water partition coefficient (Wildman–Crippen LogP) is 3.50. The van der Waals surface area contributed by atoms with Crippen LogP contribution in [0.2, 0.25) is 0 Å². The van der Waals surface area contributed by atoms with Crippen molar-refractivity contribution in [1.82, 2.24) is 14.6 Å². The van der Waals surface area contributed by atoms with E-state index >= 15 is 0 Å². The molecule has 3 aromatic rings. The zero-order valence-corrected chi connectivity index (χ0v) is 16.4. The van der Waals surface area contributed by atoms with Gasteiger partial charge >= 0.3 is 0 Å². The number of unbranched alkanes of at least 4 members (excludes halogenated alkanes) is 1. The van der Waals surface area contributed by atoms with Gasteiger partial charge in [-0.3, -0.25) is 9.59 Å². The van der Waals surface area contributed by atoms with Crippen molar-refractivity contribution in [2.45, 2.75) is 31.9 Å². The van der Waals surface area contributed by atoms with E-state index in [4.69, 9.17) is 0 Å². The van der Waals surface area contributed by atoms with E-state index < -0.39 is 5.82 Å². The van der Waals surface area contributed by atoms with E-state index in [0.717, 1.165) is 24.3 Å². The fourth-order valence-corrected chi connectivity index (χ4v) is 4.07. The summed E-state index contributed by atoms with van der Waals surface area (Å²) >= 11 is 2.74. The first-order chi connectivity index (χ1) is 13.1. The van der Waals surface area contributed by atoms with Crippen LogP contribution in [0.25, 0.3) is 4.96 Å². The standard InChI is InChI=1S/C18H19FN4O2S2/c1-2-3-8-16-22-23-17(25)9-12(20-18(23)27-16)10-26-11-15(24)21-14-7-5-4-6-13(14)19/h4-7,9H,2-3,8,10-11H2,1H3,(H,21,24). The monoisotopic (exact) mass is 406 g/mol. The topological polar surface area (TPSA) is 76.4 Å². The molecule has 0 spiro atoms. The Morgan fingerprint density at radius 2 is 2.19 bits per heavy atom. The zero-order chi connectivity index (χ0) is 19.2. The lowest BCUT2D eigenvalue weighted by molar-refractivity contribution is -0.113. The molecular weight excluding hydrogens is 387 g/mol. The molecule has 3 rings (SSSR count). The van der Waals surface area contributed by atoms with Crippen molar-refractivity contribution in [3.8, 4) is 0 Å². The molecule has 0 saturated heterocycles. The quantitative estimate of drug-likeness (QED) is 0.620. The second kappa shape index (κ2) is 9.09. The highest BCUT2D eigenvalue weighted by atomic mass is 32.2. The van der Waals surface area contributed by atoms with Crippen LogP contribution < -0.4 is 10.9 Å². The fourth-order valence-electron chi connectivity index (χ4n) is 2.40. The number of carbonyl (C=O) groups excluding carboxylic acids is 1. The number of nitrogens with one attached hydrogen (secondary N) is 1. The molecule has 0 saturated carbocycles. The van der Waals surface area contributed by atoms with Gasteiger partial charge in [-0.15, -0.1) is 11.8 Å². The molecule has 1 N–H and O–H groups in total. The third-order valence-corrected chi connectivity index (χ3v) is 5.65. The SMILES string of the molecule is CCCCc1nn2c(=O)cc(CSCC(=O)Nc3ccccc3F)nc2s1. The lowest BCUT2D eigenvalue weighted by atomic mass is 10.3. The summed E-state index contributed by atoms with van der Waals surface area (Å²) in [5.74, 6) is -0.221. The first kappa shape index (κ1) is 19.5. The Bertz CT molecular complexity index is 1000. The van der Waals surface area contributed by atoms with Gasteiger partial charge in [-0.25, -0.2) is 9.37 Å². The molecule has 0 fully saturated rings. The lowest BCUT2D eigenvalue weighted by Crippen LogP contribution is -2.17. The average Bonchev–Trinajstić information content (AvgIpc) is 3.05. The van der Waals surface area contributed by atoms with Crippen LogP contribution in [-0.4, -0.2) is 26.3 Å². The Balaban J connectivity index is 1.59. The van der Waals surface area contributed by atoms with Crippen molar-refractivity contribution >= 4 is 39.7 Å². The smallest absolute Gasteiger partial charge is 0.275 e. The van der Waals surface area contributed by atoms with Crippen molar-refractivity contribution in [3.63, 3.8) is 0 Å².